The Labute approximate surface area is 212 Å². The Hall–Kier alpha value is -4.33. The molecule has 2 N–H and O–H groups in total. The number of rotatable bonds is 6. The Morgan fingerprint density at radius 2 is 2.05 bits per heavy atom. The van der Waals surface area contributed by atoms with E-state index in [1.165, 1.54) is 4.90 Å². The molecule has 11 heteroatoms. The van der Waals surface area contributed by atoms with Crippen molar-refractivity contribution in [3.8, 4) is 22.9 Å². The Morgan fingerprint density at radius 3 is 2.73 bits per heavy atom. The lowest BCUT2D eigenvalue weighted by Crippen LogP contribution is -2.49. The number of halogens is 1. The lowest BCUT2D eigenvalue weighted by atomic mass is 10.0. The van der Waals surface area contributed by atoms with Crippen LogP contribution in [0, 0.1) is 30.1 Å². The van der Waals surface area contributed by atoms with Crippen LogP contribution in [0.1, 0.15) is 41.8 Å². The van der Waals surface area contributed by atoms with E-state index in [1.54, 1.807) is 43.5 Å². The van der Waals surface area contributed by atoms with Gasteiger partial charge >= 0.3 is 0 Å². The molecule has 4 atom stereocenters. The van der Waals surface area contributed by atoms with Crippen molar-refractivity contribution in [2.24, 2.45) is 11.8 Å². The summed E-state index contributed by atoms with van der Waals surface area (Å²) in [6.45, 7) is 3.85. The van der Waals surface area contributed by atoms with E-state index in [-0.39, 0.29) is 48.5 Å². The second kappa shape index (κ2) is 9.97. The maximum absolute atomic E-state index is 15.0. The number of H-pyrrole nitrogens is 1. The van der Waals surface area contributed by atoms with Gasteiger partial charge in [-0.05, 0) is 54.7 Å². The highest BCUT2D eigenvalue weighted by Crippen LogP contribution is 2.38. The third kappa shape index (κ3) is 5.28. The summed E-state index contributed by atoms with van der Waals surface area (Å²) >= 11 is 0. The topological polar surface area (TPSA) is 137 Å². The van der Waals surface area contributed by atoms with Crippen LogP contribution in [0.15, 0.2) is 36.5 Å². The average molecular weight is 504 g/mol. The van der Waals surface area contributed by atoms with Gasteiger partial charge in [-0.1, -0.05) is 13.0 Å². The number of aromatic nitrogens is 4. The first-order valence-electron chi connectivity index (χ1n) is 12.1. The van der Waals surface area contributed by atoms with E-state index in [0.717, 1.165) is 17.5 Å². The molecule has 5 rings (SSSR count). The lowest BCUT2D eigenvalue weighted by molar-refractivity contribution is -0.117. The summed E-state index contributed by atoms with van der Waals surface area (Å²) in [4.78, 5) is 34.4. The first-order chi connectivity index (χ1) is 17.8. The molecule has 1 aromatic carbocycles. The fourth-order valence-corrected chi connectivity index (χ4v) is 4.43. The van der Waals surface area contributed by atoms with E-state index in [4.69, 9.17) is 4.74 Å². The number of piperidine rings is 1. The monoisotopic (exact) mass is 503 g/mol. The predicted molar refractivity (Wildman–Crippen MR) is 131 cm³/mol. The van der Waals surface area contributed by atoms with Gasteiger partial charge in [-0.15, -0.1) is 5.10 Å². The number of benzene rings is 1. The molecule has 1 saturated heterocycles. The van der Waals surface area contributed by atoms with Crippen LogP contribution < -0.4 is 10.1 Å². The number of pyridine rings is 1. The molecule has 3 aromatic rings. The van der Waals surface area contributed by atoms with Gasteiger partial charge < -0.3 is 15.0 Å². The van der Waals surface area contributed by atoms with Crippen LogP contribution in [-0.4, -0.2) is 62.2 Å². The maximum Gasteiger partial charge on any atom is 0.293 e. The molecule has 1 aliphatic heterocycles. The van der Waals surface area contributed by atoms with Crippen LogP contribution in [0.25, 0.3) is 11.1 Å². The molecule has 37 heavy (non-hydrogen) atoms. The van der Waals surface area contributed by atoms with E-state index < -0.39 is 18.2 Å². The van der Waals surface area contributed by atoms with Crippen molar-refractivity contribution in [2.75, 3.05) is 18.4 Å². The number of nitrogens with one attached hydrogen (secondary N) is 2. The highest BCUT2D eigenvalue weighted by Gasteiger charge is 2.39. The second-order valence-electron chi connectivity index (χ2n) is 9.52. The zero-order valence-electron chi connectivity index (χ0n) is 20.4. The smallest absolute Gasteiger partial charge is 0.293 e. The highest BCUT2D eigenvalue weighted by molar-refractivity contribution is 5.94. The summed E-state index contributed by atoms with van der Waals surface area (Å²) < 4.78 is 20.9. The number of anilines is 1. The number of carbonyl (C=O) groups excluding carboxylic acids is 2. The van der Waals surface area contributed by atoms with Gasteiger partial charge in [-0.2, -0.15) is 5.26 Å². The number of carbonyl (C=O) groups is 2. The summed E-state index contributed by atoms with van der Waals surface area (Å²) in [5.41, 5.74) is 1.77. The van der Waals surface area contributed by atoms with Crippen LogP contribution >= 0.6 is 0 Å². The predicted octanol–water partition coefficient (Wildman–Crippen LogP) is 3.27. The summed E-state index contributed by atoms with van der Waals surface area (Å²) in [6, 6.07) is 10.7. The van der Waals surface area contributed by atoms with Gasteiger partial charge in [-0.25, -0.2) is 14.4 Å². The molecular weight excluding hydrogens is 477 g/mol. The minimum absolute atomic E-state index is 0.00681. The Balaban J connectivity index is 1.25. The van der Waals surface area contributed by atoms with Crippen molar-refractivity contribution in [2.45, 2.75) is 39.0 Å². The first-order valence-corrected chi connectivity index (χ1v) is 12.1. The molecule has 10 nitrogen and oxygen atoms in total. The van der Waals surface area contributed by atoms with Crippen molar-refractivity contribution in [1.82, 2.24) is 25.1 Å². The summed E-state index contributed by atoms with van der Waals surface area (Å²) in [5, 5.41) is 19.0. The molecule has 4 unspecified atom stereocenters. The molecule has 2 amide bonds. The lowest BCUT2D eigenvalue weighted by Gasteiger charge is -2.34. The molecule has 2 fully saturated rings. The first kappa shape index (κ1) is 24.4. The molecule has 0 spiro atoms. The number of alkyl halides is 1. The number of amides is 2. The number of ether oxygens (including phenoxy) is 1. The van der Waals surface area contributed by atoms with Crippen molar-refractivity contribution >= 4 is 17.6 Å². The zero-order chi connectivity index (χ0) is 26.1. The van der Waals surface area contributed by atoms with Crippen molar-refractivity contribution in [3.05, 3.63) is 53.7 Å². The van der Waals surface area contributed by atoms with Gasteiger partial charge in [0.1, 0.15) is 29.6 Å². The molecular formula is C26H26FN7O3. The molecule has 0 bridgehead atoms. The largest absolute Gasteiger partial charge is 0.486 e. The number of nitrogens with zero attached hydrogens (tertiary/aromatic N) is 5. The van der Waals surface area contributed by atoms with Crippen molar-refractivity contribution in [3.63, 3.8) is 0 Å². The molecule has 190 valence electrons. The van der Waals surface area contributed by atoms with E-state index in [2.05, 4.69) is 31.6 Å². The number of aromatic amines is 1. The third-order valence-corrected chi connectivity index (χ3v) is 6.73. The second-order valence-corrected chi connectivity index (χ2v) is 9.52. The summed E-state index contributed by atoms with van der Waals surface area (Å²) in [7, 11) is 0. The molecule has 1 aliphatic carbocycles. The summed E-state index contributed by atoms with van der Waals surface area (Å²) in [5.74, 6) is 1.18. The molecule has 3 heterocycles. The van der Waals surface area contributed by atoms with Crippen LogP contribution in [-0.2, 0) is 4.79 Å². The minimum atomic E-state index is -1.44. The quantitative estimate of drug-likeness (QED) is 0.527. The number of nitriles is 1. The van der Waals surface area contributed by atoms with Crippen LogP contribution in [0.2, 0.25) is 0 Å². The fraction of sp³-hybridized carbons (Fsp3) is 0.385. The van der Waals surface area contributed by atoms with Gasteiger partial charge in [0, 0.05) is 25.1 Å². The molecule has 0 radical (unpaired) electrons. The standard InChI is InChI=1S/C26H26FN7O3/c1-14-9-19(14)25(35)31-23-11-17(5-7-29-23)16-3-4-21(18(10-16)12-28)37-22-6-8-34(13-20(22)27)26(36)24-30-15(2)32-33-24/h3-5,7,10-11,14,19-20,22H,6,8-9,13H2,1-2H3,(H,29,31,35)(H,30,32,33). The number of likely N-dealkylation sites (tertiary alicyclic amines) is 1. The van der Waals surface area contributed by atoms with E-state index in [9.17, 15) is 19.2 Å². The Morgan fingerprint density at radius 1 is 1.27 bits per heavy atom. The number of hydrogen-bond acceptors (Lipinski definition) is 7. The number of aryl methyl sites for hydroxylation is 1. The minimum Gasteiger partial charge on any atom is -0.486 e. The molecule has 2 aromatic heterocycles. The zero-order valence-corrected chi connectivity index (χ0v) is 20.4. The van der Waals surface area contributed by atoms with Gasteiger partial charge in [0.15, 0.2) is 6.17 Å². The van der Waals surface area contributed by atoms with Crippen LogP contribution in [0.5, 0.6) is 5.75 Å². The maximum atomic E-state index is 15.0. The third-order valence-electron chi connectivity index (χ3n) is 6.73. The van der Waals surface area contributed by atoms with Gasteiger partial charge in [0.2, 0.25) is 11.7 Å². The van der Waals surface area contributed by atoms with Gasteiger partial charge in [-0.3, -0.25) is 14.7 Å². The number of hydrogen-bond donors (Lipinski definition) is 2. The molecule has 2 aliphatic rings. The van der Waals surface area contributed by atoms with E-state index >= 15 is 0 Å². The SMILES string of the molecule is Cc1nc(C(=O)N2CCC(Oc3ccc(-c4ccnc(NC(=O)C5CC5C)c4)cc3C#N)C(F)C2)n[nH]1. The highest BCUT2D eigenvalue weighted by atomic mass is 19.1. The van der Waals surface area contributed by atoms with Gasteiger partial charge in [0.25, 0.3) is 5.91 Å². The Bertz CT molecular complexity index is 1380. The van der Waals surface area contributed by atoms with Crippen LogP contribution in [0.3, 0.4) is 0 Å². The van der Waals surface area contributed by atoms with Crippen LogP contribution in [0.4, 0.5) is 10.2 Å². The van der Waals surface area contributed by atoms with E-state index in [1.807, 2.05) is 6.92 Å². The van der Waals surface area contributed by atoms with Crippen molar-refractivity contribution < 1.29 is 18.7 Å². The summed E-state index contributed by atoms with van der Waals surface area (Å²) in [6.07, 6.45) is 0.498. The molecule has 1 saturated carbocycles. The Kier molecular flexibility index (Phi) is 6.56. The van der Waals surface area contributed by atoms with Gasteiger partial charge in [0.05, 0.1) is 12.1 Å². The normalized spacial score (nSPS) is 22.7. The van der Waals surface area contributed by atoms with E-state index in [0.29, 0.717) is 17.6 Å². The fourth-order valence-electron chi connectivity index (χ4n) is 4.43. The average Bonchev–Trinajstić information content (AvgIpc) is 3.48. The van der Waals surface area contributed by atoms with Crippen molar-refractivity contribution in [1.29, 1.82) is 5.26 Å².